The summed E-state index contributed by atoms with van der Waals surface area (Å²) in [5, 5.41) is 14.3. The molecule has 0 saturated carbocycles. The SMILES string of the molecule is CCn1cc(CN2CC3c4ccc(OC)cc4OC[C@]3(C(=O)O)C2)cn1. The van der Waals surface area contributed by atoms with E-state index >= 15 is 0 Å². The zero-order valence-electron chi connectivity index (χ0n) is 15.0. The largest absolute Gasteiger partial charge is 0.497 e. The summed E-state index contributed by atoms with van der Waals surface area (Å²) in [6.07, 6.45) is 3.87. The summed E-state index contributed by atoms with van der Waals surface area (Å²) < 4.78 is 13.0. The summed E-state index contributed by atoms with van der Waals surface area (Å²) >= 11 is 0. The van der Waals surface area contributed by atoms with E-state index in [-0.39, 0.29) is 12.5 Å². The normalized spacial score (nSPS) is 24.6. The van der Waals surface area contributed by atoms with Gasteiger partial charge in [0.05, 0.1) is 13.3 Å². The van der Waals surface area contributed by atoms with E-state index in [2.05, 4.69) is 10.00 Å². The number of ether oxygens (including phenoxy) is 2. The van der Waals surface area contributed by atoms with Crippen LogP contribution in [0.4, 0.5) is 0 Å². The average Bonchev–Trinajstić information content (AvgIpc) is 3.26. The number of aromatic nitrogens is 2. The number of hydrogen-bond acceptors (Lipinski definition) is 5. The summed E-state index contributed by atoms with van der Waals surface area (Å²) in [6.45, 7) is 4.89. The van der Waals surface area contributed by atoms with Gasteiger partial charge in [-0.05, 0) is 13.0 Å². The Morgan fingerprint density at radius 3 is 3.04 bits per heavy atom. The molecule has 0 amide bonds. The number of rotatable bonds is 5. The van der Waals surface area contributed by atoms with E-state index in [0.717, 1.165) is 23.4 Å². The van der Waals surface area contributed by atoms with Crippen molar-refractivity contribution in [1.29, 1.82) is 0 Å². The molecule has 1 fully saturated rings. The minimum atomic E-state index is -0.914. The van der Waals surface area contributed by atoms with E-state index in [4.69, 9.17) is 9.47 Å². The molecule has 1 aromatic carbocycles. The van der Waals surface area contributed by atoms with Gasteiger partial charge in [-0.15, -0.1) is 0 Å². The van der Waals surface area contributed by atoms with Gasteiger partial charge in [-0.1, -0.05) is 6.07 Å². The van der Waals surface area contributed by atoms with E-state index in [1.54, 1.807) is 7.11 Å². The van der Waals surface area contributed by atoms with E-state index < -0.39 is 11.4 Å². The number of carboxylic acids is 1. The van der Waals surface area contributed by atoms with Crippen LogP contribution in [0.25, 0.3) is 0 Å². The minimum absolute atomic E-state index is 0.101. The molecule has 7 nitrogen and oxygen atoms in total. The van der Waals surface area contributed by atoms with E-state index in [0.29, 0.717) is 25.4 Å². The number of fused-ring (bicyclic) bond motifs is 3. The molecular weight excluding hydrogens is 334 g/mol. The molecule has 26 heavy (non-hydrogen) atoms. The number of nitrogens with zero attached hydrogens (tertiary/aromatic N) is 3. The molecule has 4 rings (SSSR count). The topological polar surface area (TPSA) is 76.8 Å². The molecule has 2 aliphatic heterocycles. The van der Waals surface area contributed by atoms with Crippen LogP contribution in [0, 0.1) is 5.41 Å². The van der Waals surface area contributed by atoms with Gasteiger partial charge in [-0.2, -0.15) is 5.10 Å². The predicted octanol–water partition coefficient (Wildman–Crippen LogP) is 1.97. The first-order valence-corrected chi connectivity index (χ1v) is 8.83. The molecule has 1 saturated heterocycles. The van der Waals surface area contributed by atoms with Crippen LogP contribution >= 0.6 is 0 Å². The molecule has 138 valence electrons. The number of methoxy groups -OCH3 is 1. The zero-order chi connectivity index (χ0) is 18.3. The van der Waals surface area contributed by atoms with E-state index in [9.17, 15) is 9.90 Å². The van der Waals surface area contributed by atoms with Crippen molar-refractivity contribution in [2.24, 2.45) is 5.41 Å². The second-order valence-corrected chi connectivity index (χ2v) is 7.08. The standard InChI is InChI=1S/C19H23N3O4/c1-3-22-9-13(7-20-22)8-21-10-16-15-5-4-14(25-2)6-17(15)26-12-19(16,11-21)18(23)24/h4-7,9,16H,3,8,10-12H2,1-2H3,(H,23,24)/t16?,19-/m1/s1. The number of aryl methyl sites for hydroxylation is 1. The van der Waals surface area contributed by atoms with Crippen LogP contribution in [0.3, 0.4) is 0 Å². The summed E-state index contributed by atoms with van der Waals surface area (Å²) in [5.41, 5.74) is 1.13. The third-order valence-electron chi connectivity index (χ3n) is 5.54. The Bertz CT molecular complexity index is 834. The number of carboxylic acid groups (broad SMARTS) is 1. The molecule has 0 radical (unpaired) electrons. The van der Waals surface area contributed by atoms with Crippen molar-refractivity contribution in [3.05, 3.63) is 41.7 Å². The molecule has 2 aromatic rings. The number of benzene rings is 1. The van der Waals surface area contributed by atoms with Crippen LogP contribution in [-0.2, 0) is 17.9 Å². The van der Waals surface area contributed by atoms with Crippen molar-refractivity contribution in [3.8, 4) is 11.5 Å². The van der Waals surface area contributed by atoms with Gasteiger partial charge in [0.1, 0.15) is 23.5 Å². The first-order chi connectivity index (χ1) is 12.6. The van der Waals surface area contributed by atoms with Crippen molar-refractivity contribution in [2.75, 3.05) is 26.8 Å². The highest BCUT2D eigenvalue weighted by Gasteiger charge is 2.56. The molecule has 2 atom stereocenters. The van der Waals surface area contributed by atoms with Gasteiger partial charge in [0.2, 0.25) is 0 Å². The molecule has 3 heterocycles. The Kier molecular flexibility index (Phi) is 4.11. The fourth-order valence-corrected chi connectivity index (χ4v) is 4.13. The van der Waals surface area contributed by atoms with Crippen LogP contribution in [0.2, 0.25) is 0 Å². The van der Waals surface area contributed by atoms with Gasteiger partial charge in [0.25, 0.3) is 0 Å². The lowest BCUT2D eigenvalue weighted by Crippen LogP contribution is -2.45. The average molecular weight is 357 g/mol. The Balaban J connectivity index is 1.63. The summed E-state index contributed by atoms with van der Waals surface area (Å²) in [7, 11) is 1.61. The fraction of sp³-hybridized carbons (Fsp3) is 0.474. The van der Waals surface area contributed by atoms with Crippen LogP contribution in [-0.4, -0.2) is 52.6 Å². The third kappa shape index (κ3) is 2.63. The van der Waals surface area contributed by atoms with Crippen LogP contribution < -0.4 is 9.47 Å². The first-order valence-electron chi connectivity index (χ1n) is 8.83. The summed E-state index contributed by atoms with van der Waals surface area (Å²) in [4.78, 5) is 14.4. The summed E-state index contributed by atoms with van der Waals surface area (Å²) in [6, 6.07) is 5.65. The summed E-state index contributed by atoms with van der Waals surface area (Å²) in [5.74, 6) is 0.548. The molecule has 1 aromatic heterocycles. The Hall–Kier alpha value is -2.54. The number of carbonyl (C=O) groups is 1. The predicted molar refractivity (Wildman–Crippen MR) is 94.5 cm³/mol. The maximum Gasteiger partial charge on any atom is 0.315 e. The van der Waals surface area contributed by atoms with Crippen LogP contribution in [0.5, 0.6) is 11.5 Å². The highest BCUT2D eigenvalue weighted by atomic mass is 16.5. The number of hydrogen-bond donors (Lipinski definition) is 1. The Morgan fingerprint density at radius 2 is 2.35 bits per heavy atom. The van der Waals surface area contributed by atoms with Crippen LogP contribution in [0.1, 0.15) is 24.0 Å². The Labute approximate surface area is 152 Å². The fourth-order valence-electron chi connectivity index (χ4n) is 4.13. The molecule has 0 aliphatic carbocycles. The highest BCUT2D eigenvalue weighted by molar-refractivity contribution is 5.78. The van der Waals surface area contributed by atoms with Crippen molar-refractivity contribution in [3.63, 3.8) is 0 Å². The number of aliphatic carboxylic acids is 1. The monoisotopic (exact) mass is 357 g/mol. The lowest BCUT2D eigenvalue weighted by Gasteiger charge is -2.36. The van der Waals surface area contributed by atoms with Crippen LogP contribution in [0.15, 0.2) is 30.6 Å². The van der Waals surface area contributed by atoms with E-state index in [1.165, 1.54) is 0 Å². The second-order valence-electron chi connectivity index (χ2n) is 7.08. The minimum Gasteiger partial charge on any atom is -0.497 e. The van der Waals surface area contributed by atoms with Crippen molar-refractivity contribution in [2.45, 2.75) is 25.9 Å². The van der Waals surface area contributed by atoms with Crippen molar-refractivity contribution < 1.29 is 19.4 Å². The number of likely N-dealkylation sites (tertiary alicyclic amines) is 1. The van der Waals surface area contributed by atoms with Gasteiger partial charge in [-0.3, -0.25) is 14.4 Å². The van der Waals surface area contributed by atoms with Crippen molar-refractivity contribution in [1.82, 2.24) is 14.7 Å². The maximum atomic E-state index is 12.2. The Morgan fingerprint density at radius 1 is 1.50 bits per heavy atom. The second kappa shape index (κ2) is 6.32. The molecule has 0 spiro atoms. The molecular formula is C19H23N3O4. The zero-order valence-corrected chi connectivity index (χ0v) is 15.0. The smallest absolute Gasteiger partial charge is 0.315 e. The highest BCUT2D eigenvalue weighted by Crippen LogP contribution is 2.50. The van der Waals surface area contributed by atoms with Gasteiger partial charge >= 0.3 is 5.97 Å². The van der Waals surface area contributed by atoms with Gasteiger partial charge < -0.3 is 14.6 Å². The van der Waals surface area contributed by atoms with Gasteiger partial charge in [0, 0.05) is 55.5 Å². The quantitative estimate of drug-likeness (QED) is 0.882. The first kappa shape index (κ1) is 16.9. The van der Waals surface area contributed by atoms with Crippen molar-refractivity contribution >= 4 is 5.97 Å². The van der Waals surface area contributed by atoms with E-state index in [1.807, 2.05) is 42.2 Å². The molecule has 1 unspecified atom stereocenters. The lowest BCUT2D eigenvalue weighted by atomic mass is 9.73. The van der Waals surface area contributed by atoms with Gasteiger partial charge in [0.15, 0.2) is 0 Å². The molecule has 7 heteroatoms. The molecule has 2 aliphatic rings. The maximum absolute atomic E-state index is 12.2. The lowest BCUT2D eigenvalue weighted by molar-refractivity contribution is -0.151. The van der Waals surface area contributed by atoms with Gasteiger partial charge in [-0.25, -0.2) is 0 Å². The third-order valence-corrected chi connectivity index (χ3v) is 5.54. The molecule has 1 N–H and O–H groups in total. The molecule has 0 bridgehead atoms.